The molecule has 0 saturated carbocycles. The second-order valence-corrected chi connectivity index (χ2v) is 9.47. The molecule has 3 aromatic carbocycles. The number of barbiturate groups is 1. The van der Waals surface area contributed by atoms with E-state index in [-0.39, 0.29) is 17.9 Å². The standard InChI is InChI=1S/C30H26Cl2N2O5/c1-4-9-20-14-19(16-26(38-5-2)27(20)39-17-21-10-6-7-11-24(21)32)15-22-28(35)33-30(37)34(29(22)36)25-13-8-12-23(31)18(25)3/h4,6-8,10-16H,1,5,9,17H2,2-3H3,(H,33,35,37)/b22-15+. The molecule has 39 heavy (non-hydrogen) atoms. The Balaban J connectivity index is 1.75. The van der Waals surface area contributed by atoms with Crippen LogP contribution in [0.15, 0.2) is 72.8 Å². The van der Waals surface area contributed by atoms with Crippen LogP contribution >= 0.6 is 23.2 Å². The van der Waals surface area contributed by atoms with Crippen LogP contribution in [0.1, 0.15) is 29.2 Å². The van der Waals surface area contributed by atoms with Gasteiger partial charge in [0.25, 0.3) is 11.8 Å². The van der Waals surface area contributed by atoms with E-state index in [9.17, 15) is 14.4 Å². The fraction of sp³-hybridized carbons (Fsp3) is 0.167. The van der Waals surface area contributed by atoms with Gasteiger partial charge < -0.3 is 9.47 Å². The Kier molecular flexibility index (Phi) is 8.74. The summed E-state index contributed by atoms with van der Waals surface area (Å²) in [4.78, 5) is 39.8. The number of urea groups is 1. The third kappa shape index (κ3) is 6.00. The Morgan fingerprint density at radius 2 is 1.72 bits per heavy atom. The molecule has 0 atom stereocenters. The molecule has 0 aromatic heterocycles. The van der Waals surface area contributed by atoms with E-state index in [1.54, 1.807) is 49.4 Å². The zero-order valence-corrected chi connectivity index (χ0v) is 22.9. The second-order valence-electron chi connectivity index (χ2n) is 8.65. The predicted octanol–water partition coefficient (Wildman–Crippen LogP) is 6.67. The second kappa shape index (κ2) is 12.2. The lowest BCUT2D eigenvalue weighted by atomic mass is 10.0. The van der Waals surface area contributed by atoms with Crippen LogP contribution in [0.4, 0.5) is 10.5 Å². The Hall–Kier alpha value is -4.07. The Labute approximate surface area is 236 Å². The number of imide groups is 2. The summed E-state index contributed by atoms with van der Waals surface area (Å²) in [5.41, 5.74) is 2.65. The van der Waals surface area contributed by atoms with Crippen LogP contribution in [-0.2, 0) is 22.6 Å². The van der Waals surface area contributed by atoms with Gasteiger partial charge in [0.2, 0.25) is 0 Å². The third-order valence-electron chi connectivity index (χ3n) is 6.04. The zero-order chi connectivity index (χ0) is 28.1. The van der Waals surface area contributed by atoms with E-state index in [4.69, 9.17) is 32.7 Å². The lowest BCUT2D eigenvalue weighted by Crippen LogP contribution is -2.54. The van der Waals surface area contributed by atoms with E-state index in [1.165, 1.54) is 6.08 Å². The maximum atomic E-state index is 13.4. The van der Waals surface area contributed by atoms with Crippen molar-refractivity contribution in [2.24, 2.45) is 0 Å². The molecule has 4 amide bonds. The summed E-state index contributed by atoms with van der Waals surface area (Å²) < 4.78 is 12.0. The number of hydrogen-bond donors (Lipinski definition) is 1. The van der Waals surface area contributed by atoms with Gasteiger partial charge in [-0.2, -0.15) is 0 Å². The van der Waals surface area contributed by atoms with Crippen LogP contribution in [0.25, 0.3) is 6.08 Å². The number of hydrogen-bond acceptors (Lipinski definition) is 5. The zero-order valence-electron chi connectivity index (χ0n) is 21.4. The minimum Gasteiger partial charge on any atom is -0.490 e. The Morgan fingerprint density at radius 3 is 2.44 bits per heavy atom. The highest BCUT2D eigenvalue weighted by atomic mass is 35.5. The van der Waals surface area contributed by atoms with Crippen molar-refractivity contribution in [1.82, 2.24) is 5.32 Å². The van der Waals surface area contributed by atoms with E-state index in [1.807, 2.05) is 25.1 Å². The van der Waals surface area contributed by atoms with Crippen LogP contribution in [0, 0.1) is 6.92 Å². The molecule has 1 aliphatic rings. The number of anilines is 1. The lowest BCUT2D eigenvalue weighted by Gasteiger charge is -2.27. The molecule has 9 heteroatoms. The maximum absolute atomic E-state index is 13.4. The number of allylic oxidation sites excluding steroid dienone is 1. The van der Waals surface area contributed by atoms with E-state index in [2.05, 4.69) is 11.9 Å². The third-order valence-corrected chi connectivity index (χ3v) is 6.82. The van der Waals surface area contributed by atoms with Crippen molar-refractivity contribution in [2.75, 3.05) is 11.5 Å². The highest BCUT2D eigenvalue weighted by Crippen LogP contribution is 2.36. The maximum Gasteiger partial charge on any atom is 0.335 e. The number of nitrogens with zero attached hydrogens (tertiary/aromatic N) is 1. The first-order valence-electron chi connectivity index (χ1n) is 12.2. The molecule has 7 nitrogen and oxygen atoms in total. The molecule has 0 bridgehead atoms. The summed E-state index contributed by atoms with van der Waals surface area (Å²) in [6, 6.07) is 14.9. The molecular weight excluding hydrogens is 539 g/mol. The number of carbonyl (C=O) groups is 3. The number of rotatable bonds is 9. The SMILES string of the molecule is C=CCc1cc(/C=C2\C(=O)NC(=O)N(c3cccc(Cl)c3C)C2=O)cc(OCC)c1OCc1ccccc1Cl. The predicted molar refractivity (Wildman–Crippen MR) is 152 cm³/mol. The van der Waals surface area contributed by atoms with Crippen LogP contribution < -0.4 is 19.7 Å². The van der Waals surface area contributed by atoms with Crippen molar-refractivity contribution in [3.63, 3.8) is 0 Å². The molecule has 0 aliphatic carbocycles. The Bertz CT molecular complexity index is 1500. The minimum atomic E-state index is -0.849. The molecule has 200 valence electrons. The van der Waals surface area contributed by atoms with Crippen molar-refractivity contribution in [3.05, 3.63) is 105 Å². The number of halogens is 2. The van der Waals surface area contributed by atoms with Gasteiger partial charge in [-0.3, -0.25) is 14.9 Å². The fourth-order valence-corrected chi connectivity index (χ4v) is 4.51. The topological polar surface area (TPSA) is 84.9 Å². The van der Waals surface area contributed by atoms with Gasteiger partial charge in [0, 0.05) is 21.2 Å². The van der Waals surface area contributed by atoms with E-state index < -0.39 is 17.8 Å². The van der Waals surface area contributed by atoms with Crippen molar-refractivity contribution in [1.29, 1.82) is 0 Å². The largest absolute Gasteiger partial charge is 0.490 e. The molecule has 1 heterocycles. The van der Waals surface area contributed by atoms with Crippen LogP contribution in [0.5, 0.6) is 11.5 Å². The van der Waals surface area contributed by atoms with Crippen molar-refractivity contribution < 1.29 is 23.9 Å². The normalized spacial score (nSPS) is 14.4. The Morgan fingerprint density at radius 1 is 0.974 bits per heavy atom. The molecular formula is C30H26Cl2N2O5. The molecule has 1 fully saturated rings. The smallest absolute Gasteiger partial charge is 0.335 e. The van der Waals surface area contributed by atoms with Gasteiger partial charge in [-0.05, 0) is 67.8 Å². The average molecular weight is 565 g/mol. The first-order chi connectivity index (χ1) is 18.7. The summed E-state index contributed by atoms with van der Waals surface area (Å²) in [6.45, 7) is 7.93. The molecule has 0 spiro atoms. The lowest BCUT2D eigenvalue weighted by molar-refractivity contribution is -0.122. The summed E-state index contributed by atoms with van der Waals surface area (Å²) in [5, 5.41) is 3.21. The van der Waals surface area contributed by atoms with E-state index in [0.29, 0.717) is 45.7 Å². The molecule has 4 rings (SSSR count). The quantitative estimate of drug-likeness (QED) is 0.178. The van der Waals surface area contributed by atoms with Gasteiger partial charge in [-0.1, -0.05) is 53.5 Å². The van der Waals surface area contributed by atoms with Gasteiger partial charge in [0.15, 0.2) is 11.5 Å². The molecule has 1 N–H and O–H groups in total. The molecule has 0 radical (unpaired) electrons. The van der Waals surface area contributed by atoms with Gasteiger partial charge in [-0.25, -0.2) is 9.69 Å². The first kappa shape index (κ1) is 28.0. The fourth-order valence-electron chi connectivity index (χ4n) is 4.15. The highest BCUT2D eigenvalue weighted by Gasteiger charge is 2.37. The summed E-state index contributed by atoms with van der Waals surface area (Å²) >= 11 is 12.5. The number of carbonyl (C=O) groups excluding carboxylic acids is 3. The number of benzene rings is 3. The van der Waals surface area contributed by atoms with Gasteiger partial charge >= 0.3 is 6.03 Å². The first-order valence-corrected chi connectivity index (χ1v) is 12.9. The van der Waals surface area contributed by atoms with Crippen LogP contribution in [-0.4, -0.2) is 24.5 Å². The van der Waals surface area contributed by atoms with Crippen LogP contribution in [0.2, 0.25) is 10.0 Å². The number of amides is 4. The summed E-state index contributed by atoms with van der Waals surface area (Å²) in [7, 11) is 0. The molecule has 3 aromatic rings. The van der Waals surface area contributed by atoms with E-state index in [0.717, 1.165) is 16.0 Å². The van der Waals surface area contributed by atoms with Crippen LogP contribution in [0.3, 0.4) is 0 Å². The molecule has 1 aliphatic heterocycles. The average Bonchev–Trinajstić information content (AvgIpc) is 2.89. The molecule has 0 unspecified atom stereocenters. The van der Waals surface area contributed by atoms with Crippen molar-refractivity contribution >= 4 is 52.8 Å². The van der Waals surface area contributed by atoms with E-state index >= 15 is 0 Å². The number of nitrogens with one attached hydrogen (secondary N) is 1. The minimum absolute atomic E-state index is 0.210. The monoisotopic (exact) mass is 564 g/mol. The van der Waals surface area contributed by atoms with Gasteiger partial charge in [0.1, 0.15) is 12.2 Å². The summed E-state index contributed by atoms with van der Waals surface area (Å²) in [6.07, 6.45) is 3.57. The highest BCUT2D eigenvalue weighted by molar-refractivity contribution is 6.40. The van der Waals surface area contributed by atoms with Gasteiger partial charge in [0.05, 0.1) is 12.3 Å². The van der Waals surface area contributed by atoms with Crippen molar-refractivity contribution in [3.8, 4) is 11.5 Å². The van der Waals surface area contributed by atoms with Crippen molar-refractivity contribution in [2.45, 2.75) is 26.9 Å². The molecule has 1 saturated heterocycles. The number of ether oxygens (including phenoxy) is 2. The summed E-state index contributed by atoms with van der Waals surface area (Å²) in [5.74, 6) is -0.637. The van der Waals surface area contributed by atoms with Gasteiger partial charge in [-0.15, -0.1) is 6.58 Å².